The summed E-state index contributed by atoms with van der Waals surface area (Å²) in [6.45, 7) is 11.3. The van der Waals surface area contributed by atoms with Gasteiger partial charge in [-0.1, -0.05) is 0 Å². The van der Waals surface area contributed by atoms with Crippen LogP contribution in [0.2, 0.25) is 0 Å². The van der Waals surface area contributed by atoms with Crippen molar-refractivity contribution in [2.24, 2.45) is 5.92 Å². The van der Waals surface area contributed by atoms with Gasteiger partial charge in [-0.2, -0.15) is 0 Å². The average molecular weight is 416 g/mol. The molecular formula is C19H31INO-. The summed E-state index contributed by atoms with van der Waals surface area (Å²) >= 11 is 0.329. The van der Waals surface area contributed by atoms with Crippen LogP contribution in [0.25, 0.3) is 0 Å². The normalized spacial score (nSPS) is 31.4. The summed E-state index contributed by atoms with van der Waals surface area (Å²) in [6, 6.07) is 0.504. The summed E-state index contributed by atoms with van der Waals surface area (Å²) in [5.74, 6) is 0.625. The Morgan fingerprint density at radius 3 is 2.73 bits per heavy atom. The molecule has 1 spiro atoms. The molecule has 1 fully saturated rings. The Bertz CT molecular complexity index is 460. The molecule has 1 saturated carbocycles. The number of alkyl halides is 2. The van der Waals surface area contributed by atoms with E-state index < -0.39 is 0 Å². The molecule has 1 aliphatic heterocycles. The van der Waals surface area contributed by atoms with E-state index in [4.69, 9.17) is 4.74 Å². The van der Waals surface area contributed by atoms with Gasteiger partial charge in [-0.3, -0.25) is 0 Å². The van der Waals surface area contributed by atoms with Crippen molar-refractivity contribution in [2.75, 3.05) is 16.5 Å². The summed E-state index contributed by atoms with van der Waals surface area (Å²) in [6.07, 6.45) is 11.0. The molecule has 0 saturated heterocycles. The Morgan fingerprint density at radius 1 is 1.55 bits per heavy atom. The molecular weight excluding hydrogens is 385 g/mol. The predicted molar refractivity (Wildman–Crippen MR) is 90.7 cm³/mol. The van der Waals surface area contributed by atoms with Crippen LogP contribution in [0.15, 0.2) is 36.1 Å². The van der Waals surface area contributed by atoms with E-state index in [9.17, 15) is 0 Å². The van der Waals surface area contributed by atoms with E-state index in [2.05, 4.69) is 55.4 Å². The number of methoxy groups -OCH3 is 1. The number of ether oxygens (including phenoxy) is 1. The molecule has 22 heavy (non-hydrogen) atoms. The second-order valence-corrected chi connectivity index (χ2v) is 9.16. The van der Waals surface area contributed by atoms with Gasteiger partial charge in [0.1, 0.15) is 0 Å². The maximum absolute atomic E-state index is 5.59. The zero-order chi connectivity index (χ0) is 16.3. The van der Waals surface area contributed by atoms with Crippen molar-refractivity contribution in [1.29, 1.82) is 0 Å². The van der Waals surface area contributed by atoms with Gasteiger partial charge in [-0.15, -0.1) is 0 Å². The zero-order valence-corrected chi connectivity index (χ0v) is 16.9. The summed E-state index contributed by atoms with van der Waals surface area (Å²) < 4.78 is 6.82. The van der Waals surface area contributed by atoms with Crippen LogP contribution < -0.4 is 21.2 Å². The van der Waals surface area contributed by atoms with E-state index in [0.29, 0.717) is 39.3 Å². The van der Waals surface area contributed by atoms with Gasteiger partial charge in [-0.05, 0) is 0 Å². The van der Waals surface area contributed by atoms with Gasteiger partial charge in [0, 0.05) is 0 Å². The van der Waals surface area contributed by atoms with E-state index in [1.54, 1.807) is 0 Å². The van der Waals surface area contributed by atoms with Gasteiger partial charge >= 0.3 is 147 Å². The van der Waals surface area contributed by atoms with E-state index in [1.807, 2.05) is 7.11 Å². The number of halogens is 1. The van der Waals surface area contributed by atoms with Crippen LogP contribution in [0.5, 0.6) is 0 Å². The predicted octanol–water partition coefficient (Wildman–Crippen LogP) is 0.999. The maximum atomic E-state index is 5.59. The van der Waals surface area contributed by atoms with Crippen LogP contribution in [0.3, 0.4) is 0 Å². The molecule has 2 aliphatic rings. The summed E-state index contributed by atoms with van der Waals surface area (Å²) in [5.41, 5.74) is 2.82. The molecule has 0 aromatic rings. The first-order chi connectivity index (χ1) is 10.5. The monoisotopic (exact) mass is 416 g/mol. The molecule has 0 bridgehead atoms. The minimum atomic E-state index is 0.271. The third-order valence-electron chi connectivity index (χ3n) is 5.13. The van der Waals surface area contributed by atoms with Gasteiger partial charge in [-0.25, -0.2) is 0 Å². The molecule has 0 radical (unpaired) electrons. The molecule has 0 amide bonds. The average Bonchev–Trinajstić information content (AvgIpc) is 2.80. The molecule has 1 aliphatic carbocycles. The minimum absolute atomic E-state index is 0.271. The van der Waals surface area contributed by atoms with Crippen molar-refractivity contribution in [3.63, 3.8) is 0 Å². The van der Waals surface area contributed by atoms with Gasteiger partial charge < -0.3 is 0 Å². The quantitative estimate of drug-likeness (QED) is 0.349. The van der Waals surface area contributed by atoms with Crippen molar-refractivity contribution in [3.8, 4) is 0 Å². The topological polar surface area (TPSA) is 12.5 Å². The second kappa shape index (κ2) is 7.52. The van der Waals surface area contributed by atoms with E-state index in [1.165, 1.54) is 22.1 Å². The molecule has 1 atom stereocenters. The fourth-order valence-corrected chi connectivity index (χ4v) is 4.92. The molecule has 2 rings (SSSR count). The van der Waals surface area contributed by atoms with Crippen LogP contribution in [-0.4, -0.2) is 39.1 Å². The Kier molecular flexibility index (Phi) is 6.17. The van der Waals surface area contributed by atoms with Crippen molar-refractivity contribution < 1.29 is 25.9 Å². The fraction of sp³-hybridized carbons (Fsp3) is 0.684. The third-order valence-corrected chi connectivity index (χ3v) is 6.52. The molecule has 2 nitrogen and oxygen atoms in total. The Labute approximate surface area is 146 Å². The zero-order valence-electron chi connectivity index (χ0n) is 14.7. The number of allylic oxidation sites excluding steroid dienone is 2. The Balaban J connectivity index is 2.24. The van der Waals surface area contributed by atoms with Crippen molar-refractivity contribution in [3.05, 3.63) is 36.1 Å². The van der Waals surface area contributed by atoms with E-state index in [0.717, 1.165) is 12.8 Å². The first-order valence-electron chi connectivity index (χ1n) is 8.33. The summed E-state index contributed by atoms with van der Waals surface area (Å²) in [7, 11) is 1.84. The van der Waals surface area contributed by atoms with Crippen LogP contribution in [0.1, 0.15) is 40.0 Å². The SMILES string of the molecule is C=C(/C=C\C[I-]C)C1=CC(CC)C2(CC(OC)C2)N1C(C)C. The van der Waals surface area contributed by atoms with Crippen LogP contribution in [0.4, 0.5) is 0 Å². The Morgan fingerprint density at radius 2 is 2.23 bits per heavy atom. The number of hydrogen-bond acceptors (Lipinski definition) is 2. The van der Waals surface area contributed by atoms with Gasteiger partial charge in [0.15, 0.2) is 0 Å². The van der Waals surface area contributed by atoms with E-state index >= 15 is 0 Å². The van der Waals surface area contributed by atoms with Gasteiger partial charge in [0.2, 0.25) is 0 Å². The van der Waals surface area contributed by atoms with Crippen molar-refractivity contribution in [1.82, 2.24) is 4.90 Å². The van der Waals surface area contributed by atoms with Gasteiger partial charge in [0.05, 0.1) is 0 Å². The van der Waals surface area contributed by atoms with Crippen molar-refractivity contribution >= 4 is 0 Å². The first-order valence-corrected chi connectivity index (χ1v) is 12.0. The molecule has 0 aromatic carbocycles. The second-order valence-electron chi connectivity index (χ2n) is 6.75. The molecule has 126 valence electrons. The van der Waals surface area contributed by atoms with Crippen LogP contribution in [0, 0.1) is 5.92 Å². The number of hydrogen-bond donors (Lipinski definition) is 0. The Hall–Kier alpha value is -0.290. The molecule has 1 heterocycles. The summed E-state index contributed by atoms with van der Waals surface area (Å²) in [5, 5.41) is 0. The van der Waals surface area contributed by atoms with Gasteiger partial charge in [0.25, 0.3) is 0 Å². The molecule has 3 heteroatoms. The molecule has 1 unspecified atom stereocenters. The molecule has 0 aromatic heterocycles. The molecule has 0 N–H and O–H groups in total. The standard InChI is InChI=1S/C19H31INO/c1-7-16-11-18(15(4)9-8-10-20-5)21(14(2)3)19(16)12-17(13-19)22-6/h8-9,11,14,16-17H,4,7,10,12-13H2,1-3,5-6H3/q-1/b9-8-. The number of rotatable bonds is 7. The number of nitrogens with zero attached hydrogens (tertiary/aromatic N) is 1. The first kappa shape index (κ1) is 18.1. The fourth-order valence-electron chi connectivity index (χ4n) is 4.15. The third kappa shape index (κ3) is 3.16. The van der Waals surface area contributed by atoms with E-state index in [-0.39, 0.29) is 5.54 Å². The summed E-state index contributed by atoms with van der Waals surface area (Å²) in [4.78, 5) is 4.97. The van der Waals surface area contributed by atoms with Crippen LogP contribution in [-0.2, 0) is 4.74 Å². The van der Waals surface area contributed by atoms with Crippen LogP contribution >= 0.6 is 0 Å². The van der Waals surface area contributed by atoms with Crippen molar-refractivity contribution in [2.45, 2.75) is 57.7 Å².